The van der Waals surface area contributed by atoms with Gasteiger partial charge in [0.1, 0.15) is 17.3 Å². The molecule has 1 saturated heterocycles. The maximum atomic E-state index is 13.6. The summed E-state index contributed by atoms with van der Waals surface area (Å²) in [5, 5.41) is 9.85. The van der Waals surface area contributed by atoms with E-state index in [4.69, 9.17) is 10.5 Å². The van der Waals surface area contributed by atoms with Crippen LogP contribution in [-0.4, -0.2) is 91.4 Å². The number of methoxy groups -OCH3 is 1. The number of hydrogen-bond acceptors (Lipinski definition) is 9. The quantitative estimate of drug-likeness (QED) is 0.367. The molecule has 0 bridgehead atoms. The van der Waals surface area contributed by atoms with Crippen molar-refractivity contribution in [2.75, 3.05) is 57.1 Å². The molecular weight excluding hydrogens is 520 g/mol. The van der Waals surface area contributed by atoms with Crippen molar-refractivity contribution in [2.45, 2.75) is 82.7 Å². The topological polar surface area (TPSA) is 118 Å². The number of ether oxygens (including phenoxy) is 1. The van der Waals surface area contributed by atoms with E-state index >= 15 is 0 Å². The lowest BCUT2D eigenvalue weighted by molar-refractivity contribution is -0.123. The van der Waals surface area contributed by atoms with Crippen molar-refractivity contribution in [2.24, 2.45) is 5.73 Å². The average molecular weight is 567 g/mol. The summed E-state index contributed by atoms with van der Waals surface area (Å²) in [6, 6.07) is 4.64. The zero-order valence-electron chi connectivity index (χ0n) is 24.8. The van der Waals surface area contributed by atoms with E-state index < -0.39 is 5.91 Å². The van der Waals surface area contributed by atoms with E-state index in [0.717, 1.165) is 81.7 Å². The Balaban J connectivity index is 1.28. The maximum Gasteiger partial charge on any atom is 0.275 e. The number of nitrogens with one attached hydrogen (secondary N) is 3. The van der Waals surface area contributed by atoms with Gasteiger partial charge in [-0.2, -0.15) is 0 Å². The fraction of sp³-hybridized carbons (Fsp3) is 0.667. The molecule has 2 fully saturated rings. The minimum absolute atomic E-state index is 0.130. The van der Waals surface area contributed by atoms with Crippen LogP contribution in [0.3, 0.4) is 0 Å². The lowest BCUT2D eigenvalue weighted by atomic mass is 10.00. The molecule has 1 unspecified atom stereocenters. The molecule has 4 heterocycles. The third-order valence-corrected chi connectivity index (χ3v) is 9.48. The highest BCUT2D eigenvalue weighted by Gasteiger charge is 2.46. The molecule has 0 aromatic heterocycles. The molecule has 1 aromatic carbocycles. The Kier molecular flexibility index (Phi) is 7.67. The van der Waals surface area contributed by atoms with Crippen LogP contribution in [-0.2, 0) is 16.0 Å². The minimum Gasteiger partial charge on any atom is -0.495 e. The van der Waals surface area contributed by atoms with Crippen molar-refractivity contribution < 1.29 is 14.3 Å². The van der Waals surface area contributed by atoms with Crippen LogP contribution in [0.4, 0.5) is 11.4 Å². The van der Waals surface area contributed by atoms with Crippen LogP contribution in [0, 0.1) is 0 Å². The lowest BCUT2D eigenvalue weighted by Crippen LogP contribution is -2.76. The van der Waals surface area contributed by atoms with Crippen LogP contribution >= 0.6 is 0 Å². The molecule has 6 rings (SSSR count). The lowest BCUT2D eigenvalue weighted by Gasteiger charge is -2.52. The Labute approximate surface area is 243 Å². The van der Waals surface area contributed by atoms with E-state index in [0.29, 0.717) is 42.3 Å². The van der Waals surface area contributed by atoms with E-state index in [2.05, 4.69) is 32.7 Å². The monoisotopic (exact) mass is 566 g/mol. The first-order chi connectivity index (χ1) is 19.8. The number of nitrogens with zero attached hydrogens (tertiary/aromatic N) is 4. The van der Waals surface area contributed by atoms with Gasteiger partial charge >= 0.3 is 0 Å². The Morgan fingerprint density at radius 3 is 2.59 bits per heavy atom. The molecule has 5 N–H and O–H groups in total. The van der Waals surface area contributed by atoms with E-state index in [1.807, 2.05) is 29.0 Å². The maximum absolute atomic E-state index is 13.6. The fourth-order valence-electron chi connectivity index (χ4n) is 7.46. The number of nitrogens with two attached hydrogens (primary N) is 1. The summed E-state index contributed by atoms with van der Waals surface area (Å²) in [5.41, 5.74) is 10.2. The third-order valence-electron chi connectivity index (χ3n) is 9.48. The van der Waals surface area contributed by atoms with Crippen molar-refractivity contribution in [1.82, 2.24) is 25.3 Å². The van der Waals surface area contributed by atoms with Gasteiger partial charge in [0.25, 0.3) is 5.91 Å². The summed E-state index contributed by atoms with van der Waals surface area (Å²) < 4.78 is 5.81. The zero-order chi connectivity index (χ0) is 28.7. The van der Waals surface area contributed by atoms with Crippen molar-refractivity contribution in [3.63, 3.8) is 0 Å². The summed E-state index contributed by atoms with van der Waals surface area (Å²) in [6.07, 6.45) is 9.70. The van der Waals surface area contributed by atoms with Gasteiger partial charge in [-0.3, -0.25) is 25.5 Å². The van der Waals surface area contributed by atoms with Crippen molar-refractivity contribution in [3.8, 4) is 5.75 Å². The van der Waals surface area contributed by atoms with Gasteiger partial charge in [-0.15, -0.1) is 0 Å². The van der Waals surface area contributed by atoms with Crippen LogP contribution in [0.2, 0.25) is 0 Å². The van der Waals surface area contributed by atoms with Gasteiger partial charge in [0, 0.05) is 38.3 Å². The van der Waals surface area contributed by atoms with Gasteiger partial charge in [-0.05, 0) is 69.7 Å². The molecule has 0 radical (unpaired) electrons. The first-order valence-corrected chi connectivity index (χ1v) is 15.5. The zero-order valence-corrected chi connectivity index (χ0v) is 24.8. The van der Waals surface area contributed by atoms with Gasteiger partial charge in [-0.1, -0.05) is 19.8 Å². The predicted molar refractivity (Wildman–Crippen MR) is 159 cm³/mol. The molecule has 5 aliphatic rings. The molecule has 0 spiro atoms. The van der Waals surface area contributed by atoms with Crippen LogP contribution in [0.25, 0.3) is 0 Å². The Bertz CT molecular complexity index is 1210. The molecule has 4 aliphatic heterocycles. The fourth-order valence-corrected chi connectivity index (χ4v) is 7.46. The molecule has 1 aliphatic carbocycles. The van der Waals surface area contributed by atoms with Gasteiger partial charge < -0.3 is 30.1 Å². The number of fused-ring (bicyclic) bond motifs is 1. The van der Waals surface area contributed by atoms with Crippen LogP contribution in [0.15, 0.2) is 23.7 Å². The predicted octanol–water partition coefficient (Wildman–Crippen LogP) is 1.91. The molecule has 11 heteroatoms. The molecule has 41 heavy (non-hydrogen) atoms. The van der Waals surface area contributed by atoms with Crippen LogP contribution < -0.4 is 31.3 Å². The van der Waals surface area contributed by atoms with E-state index in [1.165, 1.54) is 12.8 Å². The van der Waals surface area contributed by atoms with Crippen LogP contribution in [0.5, 0.6) is 5.75 Å². The SMILES string of the molecule is CCC1CN(C)C2=C(N[C@@](N)(Nc3cc4c(cc3OC)N(C(=O)CN3CCCC3)CCC4)NC2=O)N1C1CCCC1. The van der Waals surface area contributed by atoms with Gasteiger partial charge in [0.2, 0.25) is 11.8 Å². The van der Waals surface area contributed by atoms with Gasteiger partial charge in [0.05, 0.1) is 25.0 Å². The van der Waals surface area contributed by atoms with Gasteiger partial charge in [-0.25, -0.2) is 0 Å². The number of amides is 2. The first-order valence-electron chi connectivity index (χ1n) is 15.5. The highest BCUT2D eigenvalue weighted by atomic mass is 16.5. The van der Waals surface area contributed by atoms with Crippen molar-refractivity contribution in [3.05, 3.63) is 29.2 Å². The van der Waals surface area contributed by atoms with E-state index in [-0.39, 0.29) is 11.8 Å². The molecule has 2 amide bonds. The highest BCUT2D eigenvalue weighted by Crippen LogP contribution is 2.39. The molecule has 1 aromatic rings. The molecule has 1 saturated carbocycles. The number of rotatable bonds is 7. The molecule has 224 valence electrons. The third kappa shape index (κ3) is 5.30. The number of benzene rings is 1. The van der Waals surface area contributed by atoms with Crippen molar-refractivity contribution in [1.29, 1.82) is 0 Å². The molecule has 2 atom stereocenters. The Hall–Kier alpha value is -3.18. The van der Waals surface area contributed by atoms with E-state index in [1.54, 1.807) is 7.11 Å². The van der Waals surface area contributed by atoms with Crippen molar-refractivity contribution >= 4 is 23.2 Å². The standard InChI is InChI=1S/C30H46N8O3/c1-4-21-18-35(2)27-28(38(21)22-11-5-6-12-22)33-30(31,34-29(27)40)32-23-16-20-10-9-15-37(24(20)17-25(23)41-3)26(39)19-36-13-7-8-14-36/h16-17,21-22,32-33H,4-15,18-19,31H2,1-3H3,(H,34,40)/t21?,30-/m1/s1. The number of anilines is 2. The molecule has 11 nitrogen and oxygen atoms in total. The number of hydrogen-bond donors (Lipinski definition) is 4. The highest BCUT2D eigenvalue weighted by molar-refractivity contribution is 5.97. The average Bonchev–Trinajstić information content (AvgIpc) is 3.66. The number of aryl methyl sites for hydroxylation is 1. The Morgan fingerprint density at radius 2 is 1.88 bits per heavy atom. The number of likely N-dealkylation sites (N-methyl/N-ethyl adjacent to an activating group) is 1. The van der Waals surface area contributed by atoms with Gasteiger partial charge in [0.15, 0.2) is 0 Å². The summed E-state index contributed by atoms with van der Waals surface area (Å²) in [7, 11) is 3.60. The second-order valence-corrected chi connectivity index (χ2v) is 12.3. The smallest absolute Gasteiger partial charge is 0.275 e. The number of likely N-dealkylation sites (tertiary alicyclic amines) is 1. The Morgan fingerprint density at radius 1 is 1.12 bits per heavy atom. The minimum atomic E-state index is -1.43. The second-order valence-electron chi connectivity index (χ2n) is 12.3. The summed E-state index contributed by atoms with van der Waals surface area (Å²) in [4.78, 5) is 35.5. The number of carbonyl (C=O) groups excluding carboxylic acids is 2. The first kappa shape index (κ1) is 28.0. The normalized spacial score (nSPS) is 27.0. The number of carbonyl (C=O) groups is 2. The largest absolute Gasteiger partial charge is 0.495 e. The summed E-state index contributed by atoms with van der Waals surface area (Å²) in [6.45, 7) is 6.14. The second kappa shape index (κ2) is 11.2. The van der Waals surface area contributed by atoms with E-state index in [9.17, 15) is 9.59 Å². The summed E-state index contributed by atoms with van der Waals surface area (Å²) in [5.74, 6) is -0.128. The molecular formula is C30H46N8O3. The summed E-state index contributed by atoms with van der Waals surface area (Å²) >= 11 is 0. The van der Waals surface area contributed by atoms with Crippen LogP contribution in [0.1, 0.15) is 63.9 Å².